The van der Waals surface area contributed by atoms with Gasteiger partial charge in [-0.3, -0.25) is 0 Å². The van der Waals surface area contributed by atoms with Gasteiger partial charge in [-0.1, -0.05) is 33.1 Å². The van der Waals surface area contributed by atoms with Gasteiger partial charge >= 0.3 is 0 Å². The molecule has 6 heteroatoms. The van der Waals surface area contributed by atoms with E-state index in [1.165, 1.54) is 6.42 Å². The van der Waals surface area contributed by atoms with Crippen molar-refractivity contribution in [1.82, 2.24) is 5.32 Å². The zero-order valence-electron chi connectivity index (χ0n) is 12.6. The van der Waals surface area contributed by atoms with Crippen LogP contribution < -0.4 is 5.32 Å². The van der Waals surface area contributed by atoms with E-state index >= 15 is 0 Å². The van der Waals surface area contributed by atoms with E-state index in [1.54, 1.807) is 0 Å². The Hall–Kier alpha value is -0.300. The fourth-order valence-corrected chi connectivity index (χ4v) is 1.81. The molecule has 0 aromatic rings. The molecule has 0 spiro atoms. The molecule has 0 aliphatic rings. The van der Waals surface area contributed by atoms with Crippen molar-refractivity contribution in [2.24, 2.45) is 5.92 Å². The Morgan fingerprint density at radius 1 is 1.25 bits per heavy atom. The lowest BCUT2D eigenvalue weighted by Crippen LogP contribution is -2.40. The highest BCUT2D eigenvalue weighted by molar-refractivity contribution is 4.69. The molecule has 0 rings (SSSR count). The normalized spacial score (nSPS) is 15.3. The van der Waals surface area contributed by atoms with Crippen molar-refractivity contribution in [3.63, 3.8) is 0 Å². The van der Waals surface area contributed by atoms with Gasteiger partial charge in [-0.05, 0) is 12.3 Å². The molecule has 0 saturated heterocycles. The minimum Gasteiger partial charge on any atom is -0.390 e. The number of aliphatic hydroxyl groups excluding tert-OH is 2. The second kappa shape index (κ2) is 11.4. The van der Waals surface area contributed by atoms with Gasteiger partial charge in [-0.15, -0.1) is 0 Å². The molecule has 0 saturated carbocycles. The summed E-state index contributed by atoms with van der Waals surface area (Å²) < 4.78 is 30.8. The van der Waals surface area contributed by atoms with Gasteiger partial charge in [0.15, 0.2) is 0 Å². The fraction of sp³-hybridized carbons (Fsp3) is 1.00. The van der Waals surface area contributed by atoms with Gasteiger partial charge in [-0.2, -0.15) is 0 Å². The highest BCUT2D eigenvalue weighted by atomic mass is 19.3. The van der Waals surface area contributed by atoms with Crippen molar-refractivity contribution in [3.8, 4) is 0 Å². The average Bonchev–Trinajstić information content (AvgIpc) is 2.42. The third-order valence-corrected chi connectivity index (χ3v) is 3.20. The molecule has 0 aromatic carbocycles. The molecule has 0 aromatic heterocycles. The molecule has 2 unspecified atom stereocenters. The molecule has 0 aliphatic heterocycles. The van der Waals surface area contributed by atoms with E-state index < -0.39 is 25.2 Å². The lowest BCUT2D eigenvalue weighted by molar-refractivity contribution is -0.0506. The molecule has 3 N–H and O–H groups in total. The summed E-state index contributed by atoms with van der Waals surface area (Å²) in [4.78, 5) is 0. The topological polar surface area (TPSA) is 61.7 Å². The molecule has 0 aliphatic carbocycles. The second-order valence-electron chi connectivity index (χ2n) is 5.25. The summed E-state index contributed by atoms with van der Waals surface area (Å²) >= 11 is 0. The summed E-state index contributed by atoms with van der Waals surface area (Å²) in [5.74, 6) is -2.65. The third kappa shape index (κ3) is 10.5. The van der Waals surface area contributed by atoms with Gasteiger partial charge < -0.3 is 20.3 Å². The Morgan fingerprint density at radius 2 is 1.95 bits per heavy atom. The standard InChI is InChI=1S/C14H29F2NO3/c1-3-5-6-12(4-2)8-20-9-13(19)7-17-10-14(15,16)11-18/h12-13,17-19H,3-11H2,1-2H3. The maximum absolute atomic E-state index is 12.7. The Labute approximate surface area is 120 Å². The van der Waals surface area contributed by atoms with Gasteiger partial charge in [0.1, 0.15) is 6.61 Å². The van der Waals surface area contributed by atoms with E-state index in [4.69, 9.17) is 9.84 Å². The zero-order valence-corrected chi connectivity index (χ0v) is 12.6. The van der Waals surface area contributed by atoms with Crippen molar-refractivity contribution in [1.29, 1.82) is 0 Å². The summed E-state index contributed by atoms with van der Waals surface area (Å²) in [6.07, 6.45) is 3.67. The fourth-order valence-electron chi connectivity index (χ4n) is 1.81. The molecule has 122 valence electrons. The number of unbranched alkanes of at least 4 members (excludes halogenated alkanes) is 1. The SMILES string of the molecule is CCCCC(CC)COCC(O)CNCC(F)(F)CO. The number of halogens is 2. The number of aliphatic hydroxyl groups is 2. The second-order valence-corrected chi connectivity index (χ2v) is 5.25. The first kappa shape index (κ1) is 19.7. The molecule has 0 bridgehead atoms. The van der Waals surface area contributed by atoms with E-state index in [1.807, 2.05) is 0 Å². The lowest BCUT2D eigenvalue weighted by Gasteiger charge is -2.18. The van der Waals surface area contributed by atoms with Gasteiger partial charge in [-0.25, -0.2) is 8.78 Å². The summed E-state index contributed by atoms with van der Waals surface area (Å²) in [6.45, 7) is 3.18. The van der Waals surface area contributed by atoms with Crippen LogP contribution in [-0.2, 0) is 4.74 Å². The highest BCUT2D eigenvalue weighted by Gasteiger charge is 2.27. The average molecular weight is 297 g/mol. The molecular weight excluding hydrogens is 268 g/mol. The first-order chi connectivity index (χ1) is 9.45. The smallest absolute Gasteiger partial charge is 0.282 e. The van der Waals surface area contributed by atoms with Crippen LogP contribution in [0.5, 0.6) is 0 Å². The van der Waals surface area contributed by atoms with E-state index in [0.717, 1.165) is 19.3 Å². The van der Waals surface area contributed by atoms with Crippen molar-refractivity contribution in [3.05, 3.63) is 0 Å². The Bertz CT molecular complexity index is 230. The van der Waals surface area contributed by atoms with Crippen LogP contribution in [0, 0.1) is 5.92 Å². The number of ether oxygens (including phenoxy) is 1. The maximum Gasteiger partial charge on any atom is 0.282 e. The summed E-state index contributed by atoms with van der Waals surface area (Å²) in [5, 5.41) is 20.4. The van der Waals surface area contributed by atoms with Crippen molar-refractivity contribution >= 4 is 0 Å². The molecule has 2 atom stereocenters. The molecule has 0 heterocycles. The number of alkyl halides is 2. The lowest BCUT2D eigenvalue weighted by atomic mass is 10.0. The summed E-state index contributed by atoms with van der Waals surface area (Å²) in [5.41, 5.74) is 0. The predicted molar refractivity (Wildman–Crippen MR) is 75.0 cm³/mol. The molecule has 0 fully saturated rings. The largest absolute Gasteiger partial charge is 0.390 e. The summed E-state index contributed by atoms with van der Waals surface area (Å²) in [6, 6.07) is 0. The Morgan fingerprint density at radius 3 is 2.50 bits per heavy atom. The van der Waals surface area contributed by atoms with E-state index in [2.05, 4.69) is 19.2 Å². The molecule has 20 heavy (non-hydrogen) atoms. The van der Waals surface area contributed by atoms with Crippen LogP contribution in [0.2, 0.25) is 0 Å². The van der Waals surface area contributed by atoms with Crippen LogP contribution in [-0.4, -0.2) is 55.1 Å². The number of hydrogen-bond donors (Lipinski definition) is 3. The first-order valence-electron chi connectivity index (χ1n) is 7.40. The van der Waals surface area contributed by atoms with Crippen molar-refractivity contribution in [2.75, 3.05) is 32.9 Å². The number of rotatable bonds is 13. The minimum atomic E-state index is -3.14. The minimum absolute atomic E-state index is 0.0291. The molecule has 4 nitrogen and oxygen atoms in total. The third-order valence-electron chi connectivity index (χ3n) is 3.20. The first-order valence-corrected chi connectivity index (χ1v) is 7.40. The quantitative estimate of drug-likeness (QED) is 0.485. The number of nitrogens with one attached hydrogen (secondary N) is 1. The Balaban J connectivity index is 3.64. The van der Waals surface area contributed by atoms with E-state index in [0.29, 0.717) is 12.5 Å². The Kier molecular flexibility index (Phi) is 11.2. The van der Waals surface area contributed by atoms with Crippen LogP contribution in [0.3, 0.4) is 0 Å². The zero-order chi connectivity index (χ0) is 15.4. The molecular formula is C14H29F2NO3. The number of hydrogen-bond acceptors (Lipinski definition) is 4. The van der Waals surface area contributed by atoms with E-state index in [9.17, 15) is 13.9 Å². The van der Waals surface area contributed by atoms with Crippen LogP contribution in [0.4, 0.5) is 8.78 Å². The van der Waals surface area contributed by atoms with E-state index in [-0.39, 0.29) is 13.2 Å². The maximum atomic E-state index is 12.7. The van der Waals surface area contributed by atoms with Crippen LogP contribution in [0.25, 0.3) is 0 Å². The van der Waals surface area contributed by atoms with Crippen LogP contribution in [0.15, 0.2) is 0 Å². The van der Waals surface area contributed by atoms with Crippen LogP contribution >= 0.6 is 0 Å². The predicted octanol–water partition coefficient (Wildman–Crippen LogP) is 1.80. The molecule has 0 radical (unpaired) electrons. The molecule has 0 amide bonds. The van der Waals surface area contributed by atoms with Crippen molar-refractivity contribution in [2.45, 2.75) is 51.6 Å². The van der Waals surface area contributed by atoms with Crippen molar-refractivity contribution < 1.29 is 23.7 Å². The van der Waals surface area contributed by atoms with Gasteiger partial charge in [0, 0.05) is 13.2 Å². The monoisotopic (exact) mass is 297 g/mol. The highest BCUT2D eigenvalue weighted by Crippen LogP contribution is 2.13. The van der Waals surface area contributed by atoms with Gasteiger partial charge in [0.2, 0.25) is 0 Å². The van der Waals surface area contributed by atoms with Crippen LogP contribution in [0.1, 0.15) is 39.5 Å². The van der Waals surface area contributed by atoms with Gasteiger partial charge in [0.25, 0.3) is 5.92 Å². The van der Waals surface area contributed by atoms with Gasteiger partial charge in [0.05, 0.1) is 19.3 Å². The summed E-state index contributed by atoms with van der Waals surface area (Å²) in [7, 11) is 0.